The Morgan fingerprint density at radius 2 is 1.96 bits per heavy atom. The molecular weight excluding hydrogens is 328 g/mol. The van der Waals surface area contributed by atoms with E-state index in [1.54, 1.807) is 42.6 Å². The van der Waals surface area contributed by atoms with E-state index in [0.29, 0.717) is 10.5 Å². The van der Waals surface area contributed by atoms with Gasteiger partial charge in [0.2, 0.25) is 0 Å². The third-order valence-corrected chi connectivity index (χ3v) is 4.72. The van der Waals surface area contributed by atoms with Crippen molar-refractivity contribution in [1.82, 2.24) is 10.3 Å². The van der Waals surface area contributed by atoms with Crippen LogP contribution in [0.1, 0.15) is 16.8 Å². The van der Waals surface area contributed by atoms with Gasteiger partial charge in [-0.25, -0.2) is 4.79 Å². The van der Waals surface area contributed by atoms with Crippen LogP contribution in [0.4, 0.5) is 0 Å². The number of rotatable bonds is 7. The minimum absolute atomic E-state index is 0.209. The molecule has 7 heteroatoms. The van der Waals surface area contributed by atoms with Crippen molar-refractivity contribution < 1.29 is 18.5 Å². The largest absolute Gasteiger partial charge is 0.467 e. The number of methoxy groups -OCH3 is 1. The average Bonchev–Trinajstić information content (AvgIpc) is 2.65. The number of nitrogens with one attached hydrogen (secondary N) is 1. The van der Waals surface area contributed by atoms with E-state index in [1.165, 1.54) is 13.3 Å². The smallest absolute Gasteiger partial charge is 0.328 e. The second kappa shape index (κ2) is 8.93. The maximum absolute atomic E-state index is 12.3. The van der Waals surface area contributed by atoms with Gasteiger partial charge in [0, 0.05) is 23.0 Å². The van der Waals surface area contributed by atoms with Crippen molar-refractivity contribution in [2.45, 2.75) is 17.4 Å². The minimum atomic E-state index is -1.25. The van der Waals surface area contributed by atoms with Crippen LogP contribution in [-0.4, -0.2) is 40.0 Å². The molecule has 1 heterocycles. The average molecular weight is 346 g/mol. The Kier molecular flexibility index (Phi) is 6.62. The zero-order valence-electron chi connectivity index (χ0n) is 13.2. The van der Waals surface area contributed by atoms with Gasteiger partial charge in [-0.15, -0.1) is 0 Å². The second-order valence-electron chi connectivity index (χ2n) is 4.94. The highest BCUT2D eigenvalue weighted by Crippen LogP contribution is 2.09. The number of hydrogen-bond acceptors (Lipinski definition) is 5. The molecule has 1 N–H and O–H groups in total. The Hall–Kier alpha value is -2.54. The van der Waals surface area contributed by atoms with Crippen molar-refractivity contribution in [3.8, 4) is 0 Å². The lowest BCUT2D eigenvalue weighted by Crippen LogP contribution is -2.42. The van der Waals surface area contributed by atoms with E-state index in [4.69, 9.17) is 4.74 Å². The molecule has 0 radical (unpaired) electrons. The molecule has 0 saturated carbocycles. The lowest BCUT2D eigenvalue weighted by atomic mass is 10.2. The molecule has 126 valence electrons. The topological polar surface area (TPSA) is 85.4 Å². The summed E-state index contributed by atoms with van der Waals surface area (Å²) < 4.78 is 17.0. The quantitative estimate of drug-likeness (QED) is 0.769. The van der Waals surface area contributed by atoms with Crippen LogP contribution in [0.2, 0.25) is 0 Å². The first-order valence-corrected chi connectivity index (χ1v) is 8.66. The zero-order chi connectivity index (χ0) is 17.4. The molecule has 1 aromatic carbocycles. The normalized spacial score (nSPS) is 12.9. The van der Waals surface area contributed by atoms with E-state index < -0.39 is 28.7 Å². The van der Waals surface area contributed by atoms with Crippen molar-refractivity contribution in [1.29, 1.82) is 0 Å². The zero-order valence-corrected chi connectivity index (χ0v) is 14.0. The highest BCUT2D eigenvalue weighted by atomic mass is 32.2. The highest BCUT2D eigenvalue weighted by Gasteiger charge is 2.23. The Balaban J connectivity index is 2.00. The van der Waals surface area contributed by atoms with Crippen molar-refractivity contribution in [2.24, 2.45) is 0 Å². The van der Waals surface area contributed by atoms with Crippen molar-refractivity contribution >= 4 is 22.7 Å². The third-order valence-electron chi connectivity index (χ3n) is 3.31. The highest BCUT2D eigenvalue weighted by molar-refractivity contribution is 7.85. The lowest BCUT2D eigenvalue weighted by molar-refractivity contribution is -0.142. The van der Waals surface area contributed by atoms with Gasteiger partial charge < -0.3 is 10.1 Å². The van der Waals surface area contributed by atoms with Crippen LogP contribution in [0, 0.1) is 0 Å². The van der Waals surface area contributed by atoms with Gasteiger partial charge in [-0.1, -0.05) is 18.2 Å². The first kappa shape index (κ1) is 17.8. The molecule has 0 aliphatic carbocycles. The summed E-state index contributed by atoms with van der Waals surface area (Å²) in [4.78, 5) is 28.6. The second-order valence-corrected chi connectivity index (χ2v) is 6.51. The number of nitrogens with zero attached hydrogens (tertiary/aromatic N) is 1. The van der Waals surface area contributed by atoms with Gasteiger partial charge in [0.1, 0.15) is 6.04 Å². The number of benzene rings is 1. The van der Waals surface area contributed by atoms with E-state index in [1.807, 2.05) is 6.07 Å². The summed E-state index contributed by atoms with van der Waals surface area (Å²) in [5.41, 5.74) is 0.343. The molecule has 0 spiro atoms. The molecule has 0 aliphatic rings. The monoisotopic (exact) mass is 346 g/mol. The summed E-state index contributed by atoms with van der Waals surface area (Å²) in [6.45, 7) is 0. The molecular formula is C17H18N2O4S. The van der Waals surface area contributed by atoms with Crippen LogP contribution in [0.3, 0.4) is 0 Å². The first-order valence-electron chi connectivity index (χ1n) is 7.34. The summed E-state index contributed by atoms with van der Waals surface area (Å²) in [5.74, 6) is -0.766. The van der Waals surface area contributed by atoms with E-state index >= 15 is 0 Å². The van der Waals surface area contributed by atoms with Crippen molar-refractivity contribution in [3.05, 3.63) is 60.4 Å². The summed E-state index contributed by atoms with van der Waals surface area (Å²) >= 11 is 0. The number of aromatic nitrogens is 1. The Morgan fingerprint density at radius 3 is 2.58 bits per heavy atom. The van der Waals surface area contributed by atoms with Crippen LogP contribution < -0.4 is 5.32 Å². The van der Waals surface area contributed by atoms with Gasteiger partial charge in [0.15, 0.2) is 0 Å². The first-order chi connectivity index (χ1) is 11.6. The molecule has 2 aromatic rings. The molecule has 24 heavy (non-hydrogen) atoms. The van der Waals surface area contributed by atoms with E-state index in [2.05, 4.69) is 10.3 Å². The number of pyridine rings is 1. The molecule has 0 bridgehead atoms. The number of ether oxygens (including phenoxy) is 1. The van der Waals surface area contributed by atoms with Gasteiger partial charge in [-0.3, -0.25) is 14.0 Å². The summed E-state index contributed by atoms with van der Waals surface area (Å²) in [6, 6.07) is 11.3. The van der Waals surface area contributed by atoms with Crippen LogP contribution in [0.5, 0.6) is 0 Å². The molecule has 1 amide bonds. The molecule has 0 fully saturated rings. The Labute approximate surface area is 142 Å². The summed E-state index contributed by atoms with van der Waals surface area (Å²) in [6.07, 6.45) is 3.17. The molecule has 1 aromatic heterocycles. The van der Waals surface area contributed by atoms with Crippen molar-refractivity contribution in [2.75, 3.05) is 12.9 Å². The summed E-state index contributed by atoms with van der Waals surface area (Å²) in [5, 5.41) is 2.60. The van der Waals surface area contributed by atoms with E-state index in [9.17, 15) is 13.8 Å². The Morgan fingerprint density at radius 1 is 1.21 bits per heavy atom. The predicted octanol–water partition coefficient (Wildman–Crippen LogP) is 1.55. The number of hydrogen-bond donors (Lipinski definition) is 1. The van der Waals surface area contributed by atoms with Gasteiger partial charge >= 0.3 is 5.97 Å². The SMILES string of the molecule is COC(=O)[C@H](CC[S@@](=O)c1ccccc1)NC(=O)c1cccnc1. The number of amides is 1. The van der Waals surface area contributed by atoms with Gasteiger partial charge in [0.05, 0.1) is 23.5 Å². The maximum Gasteiger partial charge on any atom is 0.328 e. The Bertz CT molecular complexity index is 707. The van der Waals surface area contributed by atoms with E-state index in [-0.39, 0.29) is 12.2 Å². The summed E-state index contributed by atoms with van der Waals surface area (Å²) in [7, 11) is -0.00353. The number of esters is 1. The third kappa shape index (κ3) is 4.99. The van der Waals surface area contributed by atoms with Crippen molar-refractivity contribution in [3.63, 3.8) is 0 Å². The standard InChI is InChI=1S/C17H18N2O4S/c1-23-17(21)15(19-16(20)13-6-5-10-18-12-13)9-11-24(22)14-7-3-2-4-8-14/h2-8,10,12,15H,9,11H2,1H3,(H,19,20)/t15-,24+/m0/s1. The lowest BCUT2D eigenvalue weighted by Gasteiger charge is -2.16. The van der Waals surface area contributed by atoms with Gasteiger partial charge in [-0.05, 0) is 30.7 Å². The molecule has 2 rings (SSSR count). The van der Waals surface area contributed by atoms with Crippen LogP contribution >= 0.6 is 0 Å². The molecule has 0 aliphatic heterocycles. The molecule has 6 nitrogen and oxygen atoms in total. The minimum Gasteiger partial charge on any atom is -0.467 e. The van der Waals surface area contributed by atoms with Gasteiger partial charge in [0.25, 0.3) is 5.91 Å². The molecule has 0 unspecified atom stereocenters. The fraction of sp³-hybridized carbons (Fsp3) is 0.235. The number of carbonyl (C=O) groups is 2. The van der Waals surface area contributed by atoms with E-state index in [0.717, 1.165) is 0 Å². The fourth-order valence-corrected chi connectivity index (χ4v) is 3.19. The maximum atomic E-state index is 12.3. The van der Waals surface area contributed by atoms with Crippen LogP contribution in [-0.2, 0) is 20.3 Å². The molecule has 0 saturated heterocycles. The fourth-order valence-electron chi connectivity index (χ4n) is 2.04. The van der Waals surface area contributed by atoms with Crippen LogP contribution in [0.25, 0.3) is 0 Å². The molecule has 2 atom stereocenters. The van der Waals surface area contributed by atoms with Gasteiger partial charge in [-0.2, -0.15) is 0 Å². The predicted molar refractivity (Wildman–Crippen MR) is 89.8 cm³/mol. The van der Waals surface area contributed by atoms with Crippen LogP contribution in [0.15, 0.2) is 59.8 Å². The number of carbonyl (C=O) groups excluding carboxylic acids is 2.